The summed E-state index contributed by atoms with van der Waals surface area (Å²) in [5, 5.41) is 0. The number of piperazine rings is 1. The maximum Gasteiger partial charge on any atom is 0.214 e. The molecule has 6 heteroatoms. The third-order valence-corrected chi connectivity index (χ3v) is 7.36. The maximum absolute atomic E-state index is 13.1. The molecule has 4 nitrogen and oxygen atoms in total. The largest absolute Gasteiger partial charge is 0.320 e. The van der Waals surface area contributed by atoms with Gasteiger partial charge in [-0.1, -0.05) is 51.2 Å². The molecule has 0 aromatic heterocycles. The molecule has 0 N–H and O–H groups in total. The second-order valence-electron chi connectivity index (χ2n) is 7.83. The second kappa shape index (κ2) is 9.81. The molecule has 1 heterocycles. The van der Waals surface area contributed by atoms with Crippen LogP contribution in [0, 0.1) is 5.82 Å². The van der Waals surface area contributed by atoms with E-state index in [1.165, 1.54) is 31.4 Å². The summed E-state index contributed by atoms with van der Waals surface area (Å²) in [4.78, 5) is 0. The van der Waals surface area contributed by atoms with Crippen LogP contribution in [0.1, 0.15) is 51.0 Å². The van der Waals surface area contributed by atoms with E-state index in [2.05, 4.69) is 14.0 Å². The van der Waals surface area contributed by atoms with Crippen LogP contribution in [-0.2, 0) is 16.6 Å². The first-order valence-electron chi connectivity index (χ1n) is 9.90. The number of sulfonamides is 1. The standard InChI is InChI=1S/C20H34FN2O2S/c1-3-4-5-6-7-8-17-26(24,25)22-13-15-23(2,16-14-22)18-19-9-11-20(21)12-10-19/h9-12H,3-8,13-18H2,1-2H3/q+1. The fourth-order valence-corrected chi connectivity index (χ4v) is 5.14. The van der Waals surface area contributed by atoms with Crippen LogP contribution in [0.3, 0.4) is 0 Å². The van der Waals surface area contributed by atoms with Crippen LogP contribution >= 0.6 is 0 Å². The summed E-state index contributed by atoms with van der Waals surface area (Å²) < 4.78 is 40.6. The second-order valence-corrected chi connectivity index (χ2v) is 9.92. The molecule has 1 fully saturated rings. The predicted octanol–water partition coefficient (Wildman–Crippen LogP) is 3.78. The van der Waals surface area contributed by atoms with Gasteiger partial charge in [-0.05, 0) is 18.6 Å². The van der Waals surface area contributed by atoms with Gasteiger partial charge in [-0.15, -0.1) is 0 Å². The Bertz CT molecular complexity index is 638. The van der Waals surface area contributed by atoms with Crippen molar-refractivity contribution in [2.45, 2.75) is 52.0 Å². The van der Waals surface area contributed by atoms with Crippen molar-refractivity contribution in [1.82, 2.24) is 4.31 Å². The van der Waals surface area contributed by atoms with Gasteiger partial charge in [-0.2, -0.15) is 4.31 Å². The van der Waals surface area contributed by atoms with Gasteiger partial charge in [0.05, 0.1) is 39.0 Å². The third kappa shape index (κ3) is 6.63. The van der Waals surface area contributed by atoms with E-state index >= 15 is 0 Å². The average molecular weight is 386 g/mol. The summed E-state index contributed by atoms with van der Waals surface area (Å²) >= 11 is 0. The van der Waals surface area contributed by atoms with Crippen molar-refractivity contribution >= 4 is 10.0 Å². The van der Waals surface area contributed by atoms with E-state index in [0.29, 0.717) is 13.1 Å². The molecule has 1 aromatic carbocycles. The Morgan fingerprint density at radius 1 is 1.00 bits per heavy atom. The first-order valence-corrected chi connectivity index (χ1v) is 11.5. The van der Waals surface area contributed by atoms with Crippen LogP contribution in [0.4, 0.5) is 4.39 Å². The molecule has 0 spiro atoms. The summed E-state index contributed by atoms with van der Waals surface area (Å²) in [5.74, 6) is 0.0582. The van der Waals surface area contributed by atoms with Crippen LogP contribution in [0.15, 0.2) is 24.3 Å². The van der Waals surface area contributed by atoms with Gasteiger partial charge in [0.2, 0.25) is 10.0 Å². The molecule has 0 unspecified atom stereocenters. The summed E-state index contributed by atoms with van der Waals surface area (Å²) in [6, 6.07) is 6.62. The Hall–Kier alpha value is -0.980. The fraction of sp³-hybridized carbons (Fsp3) is 0.700. The number of benzene rings is 1. The number of rotatable bonds is 10. The number of halogens is 1. The van der Waals surface area contributed by atoms with Gasteiger partial charge in [0.15, 0.2) is 0 Å². The zero-order valence-corrected chi connectivity index (χ0v) is 17.1. The van der Waals surface area contributed by atoms with Gasteiger partial charge in [-0.3, -0.25) is 0 Å². The maximum atomic E-state index is 13.1. The van der Waals surface area contributed by atoms with Crippen molar-refractivity contribution in [3.8, 4) is 0 Å². The van der Waals surface area contributed by atoms with Crippen LogP contribution in [-0.4, -0.2) is 56.2 Å². The van der Waals surface area contributed by atoms with E-state index in [0.717, 1.165) is 48.9 Å². The normalized spacial score (nSPS) is 18.1. The van der Waals surface area contributed by atoms with E-state index in [1.54, 1.807) is 4.31 Å². The topological polar surface area (TPSA) is 37.4 Å². The summed E-state index contributed by atoms with van der Waals surface area (Å²) in [6.45, 7) is 5.75. The number of nitrogens with zero attached hydrogens (tertiary/aromatic N) is 2. The van der Waals surface area contributed by atoms with Gasteiger partial charge in [-0.25, -0.2) is 12.8 Å². The Morgan fingerprint density at radius 3 is 2.19 bits per heavy atom. The smallest absolute Gasteiger partial charge is 0.214 e. The molecule has 0 saturated carbocycles. The molecule has 0 aliphatic carbocycles. The van der Waals surface area contributed by atoms with Gasteiger partial charge < -0.3 is 4.48 Å². The lowest BCUT2D eigenvalue weighted by atomic mass is 10.1. The third-order valence-electron chi connectivity index (χ3n) is 5.41. The van der Waals surface area contributed by atoms with E-state index in [4.69, 9.17) is 0 Å². The first-order chi connectivity index (χ1) is 12.3. The van der Waals surface area contributed by atoms with Crippen LogP contribution < -0.4 is 0 Å². The van der Waals surface area contributed by atoms with Crippen LogP contribution in [0.25, 0.3) is 0 Å². The molecular formula is C20H34FN2O2S+. The van der Waals surface area contributed by atoms with Crippen molar-refractivity contribution < 1.29 is 17.3 Å². The lowest BCUT2D eigenvalue weighted by molar-refractivity contribution is -0.925. The molecule has 0 bridgehead atoms. The molecule has 0 amide bonds. The molecule has 1 aromatic rings. The number of unbranched alkanes of at least 4 members (excludes halogenated alkanes) is 5. The predicted molar refractivity (Wildman–Crippen MR) is 105 cm³/mol. The highest BCUT2D eigenvalue weighted by molar-refractivity contribution is 7.89. The van der Waals surface area contributed by atoms with Crippen molar-refractivity contribution in [1.29, 1.82) is 0 Å². The highest BCUT2D eigenvalue weighted by Gasteiger charge is 2.34. The molecular weight excluding hydrogens is 351 g/mol. The summed E-state index contributed by atoms with van der Waals surface area (Å²) in [6.07, 6.45) is 6.57. The fourth-order valence-electron chi connectivity index (χ4n) is 3.59. The quantitative estimate of drug-likeness (QED) is 0.454. The lowest BCUT2D eigenvalue weighted by Crippen LogP contribution is -2.57. The van der Waals surface area contributed by atoms with E-state index in [-0.39, 0.29) is 11.6 Å². The van der Waals surface area contributed by atoms with Crippen LogP contribution in [0.2, 0.25) is 0 Å². The average Bonchev–Trinajstić information content (AvgIpc) is 2.60. The number of hydrogen-bond acceptors (Lipinski definition) is 2. The molecule has 0 atom stereocenters. The minimum Gasteiger partial charge on any atom is -0.320 e. The number of hydrogen-bond donors (Lipinski definition) is 0. The number of quaternary nitrogens is 1. The van der Waals surface area contributed by atoms with Crippen molar-refractivity contribution in [2.24, 2.45) is 0 Å². The van der Waals surface area contributed by atoms with Crippen molar-refractivity contribution in [3.05, 3.63) is 35.6 Å². The lowest BCUT2D eigenvalue weighted by Gasteiger charge is -2.41. The van der Waals surface area contributed by atoms with Gasteiger partial charge in [0, 0.05) is 5.56 Å². The van der Waals surface area contributed by atoms with E-state index in [9.17, 15) is 12.8 Å². The highest BCUT2D eigenvalue weighted by Crippen LogP contribution is 2.19. The Labute approximate surface area is 158 Å². The molecule has 26 heavy (non-hydrogen) atoms. The van der Waals surface area contributed by atoms with E-state index < -0.39 is 10.0 Å². The molecule has 1 saturated heterocycles. The molecule has 0 radical (unpaired) electrons. The minimum atomic E-state index is -3.13. The first kappa shape index (κ1) is 21.3. The van der Waals surface area contributed by atoms with Gasteiger partial charge in [0.25, 0.3) is 0 Å². The highest BCUT2D eigenvalue weighted by atomic mass is 32.2. The van der Waals surface area contributed by atoms with Gasteiger partial charge >= 0.3 is 0 Å². The van der Waals surface area contributed by atoms with Crippen molar-refractivity contribution in [2.75, 3.05) is 39.0 Å². The van der Waals surface area contributed by atoms with Gasteiger partial charge in [0.1, 0.15) is 12.4 Å². The van der Waals surface area contributed by atoms with Crippen molar-refractivity contribution in [3.63, 3.8) is 0 Å². The Kier molecular flexibility index (Phi) is 8.05. The molecule has 148 valence electrons. The summed E-state index contributed by atoms with van der Waals surface area (Å²) in [7, 11) is -0.977. The van der Waals surface area contributed by atoms with Crippen LogP contribution in [0.5, 0.6) is 0 Å². The SMILES string of the molecule is CCCCCCCCS(=O)(=O)N1CC[N+](C)(Cc2ccc(F)cc2)CC1. The minimum absolute atomic E-state index is 0.220. The zero-order valence-electron chi connectivity index (χ0n) is 16.3. The number of likely N-dealkylation sites (N-methyl/N-ethyl adjacent to an activating group) is 1. The Morgan fingerprint density at radius 2 is 1.58 bits per heavy atom. The summed E-state index contributed by atoms with van der Waals surface area (Å²) in [5.41, 5.74) is 1.09. The molecule has 1 aliphatic heterocycles. The zero-order chi connectivity index (χ0) is 19.0. The monoisotopic (exact) mass is 385 g/mol. The molecule has 2 rings (SSSR count). The Balaban J connectivity index is 1.77. The van der Waals surface area contributed by atoms with E-state index in [1.807, 2.05) is 12.1 Å². The molecule has 1 aliphatic rings.